The molecule has 8 rings (SSSR count). The van der Waals surface area contributed by atoms with Gasteiger partial charge in [0.15, 0.2) is 0 Å². The first-order chi connectivity index (χ1) is 20.1. The van der Waals surface area contributed by atoms with Crippen LogP contribution in [0.1, 0.15) is 130 Å². The predicted molar refractivity (Wildman–Crippen MR) is 163 cm³/mol. The number of carbonyl (C=O) groups excluding carboxylic acids is 2. The summed E-state index contributed by atoms with van der Waals surface area (Å²) in [5, 5.41) is 11.6. The second-order valence-corrected chi connectivity index (χ2v) is 17.8. The third kappa shape index (κ3) is 3.75. The van der Waals surface area contributed by atoms with Crippen LogP contribution in [-0.4, -0.2) is 28.6 Å². The van der Waals surface area contributed by atoms with Crippen LogP contribution in [0.3, 0.4) is 0 Å². The third-order valence-corrected chi connectivity index (χ3v) is 16.8. The molecule has 0 saturated heterocycles. The molecule has 4 nitrogen and oxygen atoms in total. The Hall–Kier alpha value is -0.900. The molecule has 0 aromatic carbocycles. The Morgan fingerprint density at radius 2 is 1.71 bits per heavy atom. The maximum atomic E-state index is 14.2. The average molecular weight is 579 g/mol. The van der Waals surface area contributed by atoms with E-state index < -0.39 is 0 Å². The fraction of sp³-hybridized carbons (Fsp3) is 0.947. The molecular formula is C38H58O4. The fourth-order valence-electron chi connectivity index (χ4n) is 15.0. The van der Waals surface area contributed by atoms with Crippen molar-refractivity contribution in [1.29, 1.82) is 0 Å². The van der Waals surface area contributed by atoms with E-state index in [9.17, 15) is 14.7 Å². The smallest absolute Gasteiger partial charge is 0.306 e. The zero-order chi connectivity index (χ0) is 29.2. The van der Waals surface area contributed by atoms with Crippen molar-refractivity contribution in [1.82, 2.24) is 0 Å². The van der Waals surface area contributed by atoms with Crippen molar-refractivity contribution < 1.29 is 19.4 Å². The molecule has 16 unspecified atom stereocenters. The van der Waals surface area contributed by atoms with Gasteiger partial charge in [0, 0.05) is 24.2 Å². The first kappa shape index (κ1) is 28.6. The molecule has 1 N–H and O–H groups in total. The van der Waals surface area contributed by atoms with Gasteiger partial charge in [0.1, 0.15) is 11.4 Å². The van der Waals surface area contributed by atoms with E-state index >= 15 is 0 Å². The van der Waals surface area contributed by atoms with Gasteiger partial charge >= 0.3 is 5.97 Å². The van der Waals surface area contributed by atoms with Crippen molar-refractivity contribution in [3.8, 4) is 0 Å². The van der Waals surface area contributed by atoms with E-state index in [1.165, 1.54) is 51.4 Å². The zero-order valence-corrected chi connectivity index (χ0v) is 27.0. The number of hydrogen-bond acceptors (Lipinski definition) is 4. The van der Waals surface area contributed by atoms with Crippen LogP contribution in [0.15, 0.2) is 0 Å². The lowest BCUT2D eigenvalue weighted by molar-refractivity contribution is -0.176. The minimum Gasteiger partial charge on any atom is -0.459 e. The van der Waals surface area contributed by atoms with Gasteiger partial charge in [0.05, 0.1) is 6.10 Å². The standard InChI is InChI=1S/C38H58O4/c1-5-38(20-24-17-29(38)34-23-11-10-22(16-23)33(24)34)42-32(41)14-9-21(2)26-12-13-27-35-28(19-31(40)37(26,27)4)36(3)15-7-6-8-25(36)18-30(35)39/h21-30,33-35,39H,5-20H2,1-4H3. The number of aliphatic hydroxyl groups excluding tert-OH is 1. The van der Waals surface area contributed by atoms with Gasteiger partial charge in [0.2, 0.25) is 0 Å². The molecule has 4 heteroatoms. The number of carbonyl (C=O) groups is 2. The number of esters is 1. The highest BCUT2D eigenvalue weighted by Crippen LogP contribution is 2.71. The van der Waals surface area contributed by atoms with Gasteiger partial charge in [-0.1, -0.05) is 40.5 Å². The Morgan fingerprint density at radius 3 is 2.50 bits per heavy atom. The van der Waals surface area contributed by atoms with Crippen LogP contribution in [0, 0.1) is 81.8 Å². The summed E-state index contributed by atoms with van der Waals surface area (Å²) >= 11 is 0. The molecule has 0 aromatic heterocycles. The summed E-state index contributed by atoms with van der Waals surface area (Å²) in [6.07, 6.45) is 17.5. The van der Waals surface area contributed by atoms with Crippen LogP contribution in [0.5, 0.6) is 0 Å². The quantitative estimate of drug-likeness (QED) is 0.256. The zero-order valence-electron chi connectivity index (χ0n) is 27.0. The Bertz CT molecular complexity index is 1120. The maximum absolute atomic E-state index is 14.2. The SMILES string of the molecule is CCC1(OC(=O)CCC(C)C2CCC3C4C(O)CC5CCCCC5(C)C4CC(=O)C23C)CC2CC1C1C3CCC(C3)C21. The second-order valence-electron chi connectivity index (χ2n) is 17.8. The summed E-state index contributed by atoms with van der Waals surface area (Å²) in [5.41, 5.74) is -0.339. The lowest BCUT2D eigenvalue weighted by Gasteiger charge is -2.61. The normalized spacial score (nSPS) is 56.1. The number of ketones is 1. The lowest BCUT2D eigenvalue weighted by atomic mass is 9.43. The minimum atomic E-state index is -0.352. The molecule has 0 amide bonds. The highest BCUT2D eigenvalue weighted by atomic mass is 16.6. The molecule has 42 heavy (non-hydrogen) atoms. The van der Waals surface area contributed by atoms with Gasteiger partial charge in [-0.2, -0.15) is 0 Å². The van der Waals surface area contributed by atoms with Crippen molar-refractivity contribution in [2.24, 2.45) is 81.8 Å². The van der Waals surface area contributed by atoms with Crippen LogP contribution >= 0.6 is 0 Å². The Balaban J connectivity index is 0.935. The van der Waals surface area contributed by atoms with Crippen molar-refractivity contribution in [3.63, 3.8) is 0 Å². The largest absolute Gasteiger partial charge is 0.459 e. The van der Waals surface area contributed by atoms with Gasteiger partial charge < -0.3 is 9.84 Å². The third-order valence-electron chi connectivity index (χ3n) is 16.8. The van der Waals surface area contributed by atoms with Crippen LogP contribution < -0.4 is 0 Å². The molecule has 8 aliphatic carbocycles. The fourth-order valence-corrected chi connectivity index (χ4v) is 15.0. The van der Waals surface area contributed by atoms with E-state index in [0.29, 0.717) is 54.1 Å². The van der Waals surface area contributed by atoms with Gasteiger partial charge in [0.25, 0.3) is 0 Å². The van der Waals surface area contributed by atoms with Crippen LogP contribution in [0.4, 0.5) is 0 Å². The first-order valence-corrected chi connectivity index (χ1v) is 18.5. The summed E-state index contributed by atoms with van der Waals surface area (Å²) in [7, 11) is 0. The molecule has 0 spiro atoms. The summed E-state index contributed by atoms with van der Waals surface area (Å²) in [6.45, 7) is 9.29. The summed E-state index contributed by atoms with van der Waals surface area (Å²) in [5.74, 6) is 7.64. The molecule has 4 bridgehead atoms. The average Bonchev–Trinajstić information content (AvgIpc) is 3.78. The van der Waals surface area contributed by atoms with E-state index in [2.05, 4.69) is 27.7 Å². The first-order valence-electron chi connectivity index (χ1n) is 18.5. The Labute approximate surface area is 254 Å². The van der Waals surface area contributed by atoms with Gasteiger partial charge in [-0.3, -0.25) is 9.59 Å². The summed E-state index contributed by atoms with van der Waals surface area (Å²) < 4.78 is 6.57. The number of rotatable bonds is 6. The number of Topliss-reactive ketones (excluding diaryl/α,β-unsaturated/α-hetero) is 1. The Morgan fingerprint density at radius 1 is 0.929 bits per heavy atom. The molecule has 0 aliphatic heterocycles. The van der Waals surface area contributed by atoms with Gasteiger partial charge in [-0.05, 0) is 148 Å². The minimum absolute atomic E-state index is 0.0182. The molecule has 16 atom stereocenters. The number of aliphatic hydroxyl groups is 1. The van der Waals surface area contributed by atoms with Gasteiger partial charge in [-0.15, -0.1) is 0 Å². The molecule has 8 aliphatic rings. The molecule has 234 valence electrons. The molecule has 8 saturated carbocycles. The van der Waals surface area contributed by atoms with E-state index in [1.54, 1.807) is 0 Å². The predicted octanol–water partition coefficient (Wildman–Crippen LogP) is 8.00. The van der Waals surface area contributed by atoms with Gasteiger partial charge in [-0.25, -0.2) is 0 Å². The summed E-state index contributed by atoms with van der Waals surface area (Å²) in [4.78, 5) is 27.7. The van der Waals surface area contributed by atoms with Crippen LogP contribution in [-0.2, 0) is 14.3 Å². The highest BCUT2D eigenvalue weighted by Gasteiger charge is 2.68. The number of fused-ring (bicyclic) bond motifs is 14. The van der Waals surface area contributed by atoms with E-state index in [1.807, 2.05) is 0 Å². The lowest BCUT2D eigenvalue weighted by Crippen LogP contribution is -2.60. The molecular weight excluding hydrogens is 520 g/mol. The second kappa shape index (κ2) is 9.80. The van der Waals surface area contributed by atoms with Crippen LogP contribution in [0.2, 0.25) is 0 Å². The Kier molecular flexibility index (Phi) is 6.66. The van der Waals surface area contributed by atoms with E-state index in [-0.39, 0.29) is 34.4 Å². The number of ether oxygens (including phenoxy) is 1. The topological polar surface area (TPSA) is 63.6 Å². The van der Waals surface area contributed by atoms with Crippen molar-refractivity contribution in [2.45, 2.75) is 142 Å². The van der Waals surface area contributed by atoms with Crippen LogP contribution in [0.25, 0.3) is 0 Å². The van der Waals surface area contributed by atoms with Crippen molar-refractivity contribution >= 4 is 11.8 Å². The molecule has 0 radical (unpaired) electrons. The monoisotopic (exact) mass is 578 g/mol. The molecule has 8 fully saturated rings. The van der Waals surface area contributed by atoms with Crippen molar-refractivity contribution in [3.05, 3.63) is 0 Å². The van der Waals surface area contributed by atoms with E-state index in [4.69, 9.17) is 4.74 Å². The maximum Gasteiger partial charge on any atom is 0.306 e. The highest BCUT2D eigenvalue weighted by molar-refractivity contribution is 5.87. The number of hydrogen-bond donors (Lipinski definition) is 1. The van der Waals surface area contributed by atoms with Crippen molar-refractivity contribution in [2.75, 3.05) is 0 Å². The molecule has 0 aromatic rings. The van der Waals surface area contributed by atoms with E-state index in [0.717, 1.165) is 68.1 Å². The summed E-state index contributed by atoms with van der Waals surface area (Å²) in [6, 6.07) is 0. The molecule has 0 heterocycles.